The predicted molar refractivity (Wildman–Crippen MR) is 104 cm³/mol. The van der Waals surface area contributed by atoms with Crippen LogP contribution in [0, 0.1) is 0 Å². The lowest BCUT2D eigenvalue weighted by Crippen LogP contribution is -2.49. The number of nitrogens with zero attached hydrogens (tertiary/aromatic N) is 2. The van der Waals surface area contributed by atoms with E-state index in [2.05, 4.69) is 15.6 Å². The molecule has 0 bridgehead atoms. The number of urea groups is 1. The van der Waals surface area contributed by atoms with Gasteiger partial charge in [-0.25, -0.2) is 9.78 Å². The highest BCUT2D eigenvalue weighted by Crippen LogP contribution is 2.20. The molecule has 0 aromatic carbocycles. The minimum atomic E-state index is -0.0376. The first-order valence-electron chi connectivity index (χ1n) is 10.1. The van der Waals surface area contributed by atoms with E-state index < -0.39 is 0 Å². The van der Waals surface area contributed by atoms with Crippen molar-refractivity contribution in [2.45, 2.75) is 70.4 Å². The largest absolute Gasteiger partial charge is 0.474 e. The van der Waals surface area contributed by atoms with E-state index in [-0.39, 0.29) is 18.0 Å². The summed E-state index contributed by atoms with van der Waals surface area (Å²) in [5.74, 6) is 0.513. The molecule has 7 heteroatoms. The van der Waals surface area contributed by atoms with Crippen molar-refractivity contribution in [2.24, 2.45) is 0 Å². The zero-order valence-electron chi connectivity index (χ0n) is 16.1. The molecule has 3 amide bonds. The van der Waals surface area contributed by atoms with Gasteiger partial charge >= 0.3 is 6.03 Å². The van der Waals surface area contributed by atoms with Crippen molar-refractivity contribution in [1.82, 2.24) is 15.2 Å². The second-order valence-electron chi connectivity index (χ2n) is 7.38. The summed E-state index contributed by atoms with van der Waals surface area (Å²) in [6.07, 6.45) is 9.63. The lowest BCUT2D eigenvalue weighted by Gasteiger charge is -2.33. The Morgan fingerprint density at radius 1 is 1.15 bits per heavy atom. The third kappa shape index (κ3) is 5.84. The van der Waals surface area contributed by atoms with Gasteiger partial charge in [0.15, 0.2) is 0 Å². The fourth-order valence-electron chi connectivity index (χ4n) is 3.63. The van der Waals surface area contributed by atoms with Crippen LogP contribution in [0.1, 0.15) is 58.3 Å². The molecule has 1 aromatic rings. The van der Waals surface area contributed by atoms with Gasteiger partial charge in [0.05, 0.1) is 11.9 Å². The van der Waals surface area contributed by atoms with Gasteiger partial charge in [-0.15, -0.1) is 0 Å². The zero-order chi connectivity index (χ0) is 19.1. The van der Waals surface area contributed by atoms with E-state index in [0.29, 0.717) is 37.1 Å². The highest BCUT2D eigenvalue weighted by atomic mass is 16.5. The van der Waals surface area contributed by atoms with Gasteiger partial charge in [-0.05, 0) is 18.9 Å². The second-order valence-corrected chi connectivity index (χ2v) is 7.38. The molecule has 1 aliphatic carbocycles. The van der Waals surface area contributed by atoms with Gasteiger partial charge in [0.25, 0.3) is 0 Å². The smallest absolute Gasteiger partial charge is 0.317 e. The van der Waals surface area contributed by atoms with Crippen LogP contribution in [0.3, 0.4) is 0 Å². The van der Waals surface area contributed by atoms with Crippen LogP contribution in [0.5, 0.6) is 5.88 Å². The van der Waals surface area contributed by atoms with E-state index in [9.17, 15) is 9.59 Å². The Bertz CT molecular complexity index is 621. The Balaban J connectivity index is 1.41. The number of aromatic nitrogens is 1. The number of ether oxygens (including phenoxy) is 1. The highest BCUT2D eigenvalue weighted by Gasteiger charge is 2.26. The summed E-state index contributed by atoms with van der Waals surface area (Å²) in [6, 6.07) is 3.97. The average molecular weight is 374 g/mol. The summed E-state index contributed by atoms with van der Waals surface area (Å²) >= 11 is 0. The van der Waals surface area contributed by atoms with Gasteiger partial charge in [0.2, 0.25) is 11.8 Å². The van der Waals surface area contributed by atoms with Gasteiger partial charge in [0.1, 0.15) is 6.10 Å². The average Bonchev–Trinajstić information content (AvgIpc) is 2.70. The molecule has 1 saturated carbocycles. The standard InChI is InChI=1S/C20H30N4O3/c1-2-18(25)22-16-8-9-19(21-14-16)27-17-10-12-24(13-11-17)20(26)23-15-6-4-3-5-7-15/h8-9,14-15,17H,2-7,10-13H2,1H3,(H,22,25)(H,23,26). The van der Waals surface area contributed by atoms with Crippen LogP contribution >= 0.6 is 0 Å². The van der Waals surface area contributed by atoms with Crippen molar-refractivity contribution in [2.75, 3.05) is 18.4 Å². The molecule has 0 unspecified atom stereocenters. The Labute approximate surface area is 160 Å². The molecule has 0 atom stereocenters. The first kappa shape index (κ1) is 19.5. The lowest BCUT2D eigenvalue weighted by atomic mass is 9.96. The number of hydrogen-bond donors (Lipinski definition) is 2. The van der Waals surface area contributed by atoms with Crippen molar-refractivity contribution >= 4 is 17.6 Å². The molecule has 2 heterocycles. The van der Waals surface area contributed by atoms with E-state index in [4.69, 9.17) is 4.74 Å². The fourth-order valence-corrected chi connectivity index (χ4v) is 3.63. The maximum absolute atomic E-state index is 12.4. The van der Waals surface area contributed by atoms with Crippen LogP contribution in [0.25, 0.3) is 0 Å². The fraction of sp³-hybridized carbons (Fsp3) is 0.650. The van der Waals surface area contributed by atoms with Gasteiger partial charge in [0, 0.05) is 44.5 Å². The summed E-state index contributed by atoms with van der Waals surface area (Å²) < 4.78 is 5.94. The van der Waals surface area contributed by atoms with Crippen molar-refractivity contribution < 1.29 is 14.3 Å². The number of rotatable bonds is 5. The van der Waals surface area contributed by atoms with Gasteiger partial charge in [-0.1, -0.05) is 26.2 Å². The topological polar surface area (TPSA) is 83.6 Å². The highest BCUT2D eigenvalue weighted by molar-refractivity contribution is 5.90. The first-order valence-corrected chi connectivity index (χ1v) is 10.1. The molecule has 1 aromatic heterocycles. The lowest BCUT2D eigenvalue weighted by molar-refractivity contribution is -0.115. The number of anilines is 1. The van der Waals surface area contributed by atoms with Crippen LogP contribution < -0.4 is 15.4 Å². The summed E-state index contributed by atoms with van der Waals surface area (Å²) in [5.41, 5.74) is 0.670. The Morgan fingerprint density at radius 3 is 2.52 bits per heavy atom. The van der Waals surface area contributed by atoms with Crippen molar-refractivity contribution in [3.8, 4) is 5.88 Å². The van der Waals surface area contributed by atoms with Gasteiger partial charge in [-0.3, -0.25) is 4.79 Å². The van der Waals surface area contributed by atoms with Crippen molar-refractivity contribution in [3.63, 3.8) is 0 Å². The molecule has 7 nitrogen and oxygen atoms in total. The second kappa shape index (κ2) is 9.58. The number of nitrogens with one attached hydrogen (secondary N) is 2. The summed E-state index contributed by atoms with van der Waals surface area (Å²) in [5, 5.41) is 5.94. The zero-order valence-corrected chi connectivity index (χ0v) is 16.1. The molecule has 27 heavy (non-hydrogen) atoms. The van der Waals surface area contributed by atoms with Crippen LogP contribution in [-0.4, -0.2) is 47.1 Å². The monoisotopic (exact) mass is 374 g/mol. The van der Waals surface area contributed by atoms with Crippen LogP contribution in [0.4, 0.5) is 10.5 Å². The molecular weight excluding hydrogens is 344 g/mol. The summed E-state index contributed by atoms with van der Waals surface area (Å²) in [4.78, 5) is 30.0. The molecule has 3 rings (SSSR count). The number of hydrogen-bond acceptors (Lipinski definition) is 4. The van der Waals surface area contributed by atoms with Crippen LogP contribution in [0.15, 0.2) is 18.3 Å². The molecule has 1 aliphatic heterocycles. The molecular formula is C20H30N4O3. The number of piperidine rings is 1. The van der Waals surface area contributed by atoms with E-state index >= 15 is 0 Å². The quantitative estimate of drug-likeness (QED) is 0.828. The van der Waals surface area contributed by atoms with Crippen LogP contribution in [0.2, 0.25) is 0 Å². The van der Waals surface area contributed by atoms with Gasteiger partial charge in [-0.2, -0.15) is 0 Å². The predicted octanol–water partition coefficient (Wildman–Crippen LogP) is 3.32. The number of pyridine rings is 1. The third-order valence-electron chi connectivity index (χ3n) is 5.29. The number of likely N-dealkylation sites (tertiary alicyclic amines) is 1. The van der Waals surface area contributed by atoms with Gasteiger partial charge < -0.3 is 20.3 Å². The Hall–Kier alpha value is -2.31. The molecule has 2 aliphatic rings. The number of carbonyl (C=O) groups excluding carboxylic acids is 2. The maximum atomic E-state index is 12.4. The molecule has 1 saturated heterocycles. The Morgan fingerprint density at radius 2 is 1.89 bits per heavy atom. The SMILES string of the molecule is CCC(=O)Nc1ccc(OC2CCN(C(=O)NC3CCCCC3)CC2)nc1. The van der Waals surface area contributed by atoms with Crippen molar-refractivity contribution in [3.05, 3.63) is 18.3 Å². The maximum Gasteiger partial charge on any atom is 0.317 e. The molecule has 148 valence electrons. The first-order chi connectivity index (χ1) is 13.1. The molecule has 0 spiro atoms. The molecule has 2 fully saturated rings. The third-order valence-corrected chi connectivity index (χ3v) is 5.29. The molecule has 0 radical (unpaired) electrons. The van der Waals surface area contributed by atoms with E-state index in [0.717, 1.165) is 25.7 Å². The number of amides is 3. The Kier molecular flexibility index (Phi) is 6.90. The minimum Gasteiger partial charge on any atom is -0.474 e. The van der Waals surface area contributed by atoms with E-state index in [1.54, 1.807) is 18.3 Å². The molecule has 2 N–H and O–H groups in total. The van der Waals surface area contributed by atoms with Crippen LogP contribution in [-0.2, 0) is 4.79 Å². The van der Waals surface area contributed by atoms with E-state index in [1.807, 2.05) is 11.8 Å². The van der Waals surface area contributed by atoms with Crippen molar-refractivity contribution in [1.29, 1.82) is 0 Å². The number of carbonyl (C=O) groups is 2. The minimum absolute atomic E-state index is 0.0376. The normalized spacial score (nSPS) is 18.8. The summed E-state index contributed by atoms with van der Waals surface area (Å²) in [6.45, 7) is 3.21. The van der Waals surface area contributed by atoms with E-state index in [1.165, 1.54) is 19.3 Å². The summed E-state index contributed by atoms with van der Waals surface area (Å²) in [7, 11) is 0.